The molecule has 3 aliphatic heterocycles. The van der Waals surface area contributed by atoms with E-state index in [9.17, 15) is 18.0 Å². The van der Waals surface area contributed by atoms with Crippen LogP contribution in [0.15, 0.2) is 30.5 Å². The van der Waals surface area contributed by atoms with Gasteiger partial charge in [-0.05, 0) is 56.0 Å². The van der Waals surface area contributed by atoms with E-state index in [2.05, 4.69) is 16.0 Å². The number of ether oxygens (including phenoxy) is 1. The van der Waals surface area contributed by atoms with Gasteiger partial charge in [0.15, 0.2) is 0 Å². The molecule has 3 fully saturated rings. The highest BCUT2D eigenvalue weighted by molar-refractivity contribution is 7.93. The van der Waals surface area contributed by atoms with Crippen LogP contribution >= 0.6 is 0 Å². The number of carbonyl (C=O) groups is 2. The lowest BCUT2D eigenvalue weighted by Gasteiger charge is -2.36. The van der Waals surface area contributed by atoms with Gasteiger partial charge in [-0.1, -0.05) is 19.4 Å². The van der Waals surface area contributed by atoms with Crippen LogP contribution in [0, 0.1) is 13.8 Å². The van der Waals surface area contributed by atoms with Crippen molar-refractivity contribution in [3.05, 3.63) is 47.2 Å². The minimum absolute atomic E-state index is 0.0383. The molecule has 1 aromatic carbocycles. The summed E-state index contributed by atoms with van der Waals surface area (Å²) in [7, 11) is -3.55. The van der Waals surface area contributed by atoms with Gasteiger partial charge in [0.2, 0.25) is 10.0 Å². The Hall–Kier alpha value is -3.34. The van der Waals surface area contributed by atoms with Crippen LogP contribution in [0.5, 0.6) is 0 Å². The number of aryl methyl sites for hydroxylation is 2. The van der Waals surface area contributed by atoms with Crippen molar-refractivity contribution in [2.75, 3.05) is 59.2 Å². The molecule has 5 rings (SSSR count). The van der Waals surface area contributed by atoms with E-state index in [1.54, 1.807) is 28.0 Å². The predicted octanol–water partition coefficient (Wildman–Crippen LogP) is 3.33. The summed E-state index contributed by atoms with van der Waals surface area (Å²) in [6, 6.07) is 7.04. The lowest BCUT2D eigenvalue weighted by atomic mass is 10.1. The molecule has 0 unspecified atom stereocenters. The smallest absolute Gasteiger partial charge is 0.414 e. The van der Waals surface area contributed by atoms with Crippen LogP contribution in [0.2, 0.25) is 0 Å². The Bertz CT molecular complexity index is 1340. The zero-order valence-corrected chi connectivity index (χ0v) is 23.0. The van der Waals surface area contributed by atoms with Crippen LogP contribution in [-0.4, -0.2) is 81.4 Å². The second-order valence-corrected chi connectivity index (χ2v) is 12.3. The van der Waals surface area contributed by atoms with E-state index in [1.165, 1.54) is 4.31 Å². The lowest BCUT2D eigenvalue weighted by molar-refractivity contribution is 0.0747. The van der Waals surface area contributed by atoms with Gasteiger partial charge in [-0.2, -0.15) is 0 Å². The highest BCUT2D eigenvalue weighted by atomic mass is 32.2. The number of hydrogen-bond donors (Lipinski definition) is 0. The number of hydrogen-bond acceptors (Lipinski definition) is 7. The normalized spacial score (nSPS) is 21.2. The third-order valence-corrected chi connectivity index (χ3v) is 9.35. The monoisotopic (exact) mass is 541 g/mol. The largest absolute Gasteiger partial charge is 0.447 e. The van der Waals surface area contributed by atoms with Gasteiger partial charge in [0.05, 0.1) is 23.0 Å². The molecule has 3 saturated heterocycles. The summed E-state index contributed by atoms with van der Waals surface area (Å²) < 4.78 is 32.5. The first-order valence-corrected chi connectivity index (χ1v) is 14.9. The lowest BCUT2D eigenvalue weighted by Crippen LogP contribution is -2.49. The maximum Gasteiger partial charge on any atom is 0.414 e. The minimum Gasteiger partial charge on any atom is -0.447 e. The molecule has 1 aromatic heterocycles. The Morgan fingerprint density at radius 1 is 1.11 bits per heavy atom. The SMILES string of the molecule is CCC[C@@H]1COC(=O)N1c1ccc(C(=O)N2CCN(c3ncc(C)cc3C)CC2)c(N2CCCS2(=O)=O)c1. The van der Waals surface area contributed by atoms with Crippen molar-refractivity contribution in [3.63, 3.8) is 0 Å². The van der Waals surface area contributed by atoms with E-state index in [4.69, 9.17) is 4.74 Å². The number of piperazine rings is 1. The summed E-state index contributed by atoms with van der Waals surface area (Å²) in [6.45, 7) is 8.97. The van der Waals surface area contributed by atoms with Gasteiger partial charge in [-0.25, -0.2) is 18.2 Å². The van der Waals surface area contributed by atoms with E-state index in [1.807, 2.05) is 27.0 Å². The summed E-state index contributed by atoms with van der Waals surface area (Å²) in [4.78, 5) is 36.5. The number of amides is 2. The van der Waals surface area contributed by atoms with Crippen LogP contribution < -0.4 is 14.1 Å². The second-order valence-electron chi connectivity index (χ2n) is 10.3. The molecule has 3 aliphatic rings. The maximum absolute atomic E-state index is 13.8. The van der Waals surface area contributed by atoms with Crippen molar-refractivity contribution in [1.82, 2.24) is 9.88 Å². The molecule has 0 aliphatic carbocycles. The molecule has 0 bridgehead atoms. The quantitative estimate of drug-likeness (QED) is 0.553. The van der Waals surface area contributed by atoms with Crippen molar-refractivity contribution in [2.45, 2.75) is 46.1 Å². The number of carbonyl (C=O) groups excluding carboxylic acids is 2. The van der Waals surface area contributed by atoms with Crippen LogP contribution in [0.4, 0.5) is 22.0 Å². The van der Waals surface area contributed by atoms with Crippen LogP contribution in [0.1, 0.15) is 47.7 Å². The summed E-state index contributed by atoms with van der Waals surface area (Å²) in [6.07, 6.45) is 3.54. The average Bonchev–Trinajstić information content (AvgIpc) is 3.44. The van der Waals surface area contributed by atoms with Gasteiger partial charge in [-0.15, -0.1) is 0 Å². The highest BCUT2D eigenvalue weighted by Crippen LogP contribution is 2.35. The Morgan fingerprint density at radius 2 is 1.87 bits per heavy atom. The molecule has 0 saturated carbocycles. The van der Waals surface area contributed by atoms with Crippen molar-refractivity contribution in [3.8, 4) is 0 Å². The number of aromatic nitrogens is 1. The van der Waals surface area contributed by atoms with E-state index >= 15 is 0 Å². The molecule has 4 heterocycles. The van der Waals surface area contributed by atoms with Crippen molar-refractivity contribution in [2.24, 2.45) is 0 Å². The standard InChI is InChI=1S/C27H35N5O5S/c1-4-6-22-18-37-27(34)32(22)21-7-8-23(24(16-21)31-9-5-14-38(31,35)36)26(33)30-12-10-29(11-13-30)25-20(3)15-19(2)17-28-25/h7-8,15-17,22H,4-6,9-14,18H2,1-3H3/t22-/m1/s1. The summed E-state index contributed by atoms with van der Waals surface area (Å²) in [5.74, 6) is 0.752. The third kappa shape index (κ3) is 4.91. The summed E-state index contributed by atoms with van der Waals surface area (Å²) in [5, 5.41) is 0. The van der Waals surface area contributed by atoms with E-state index in [0.717, 1.165) is 29.8 Å². The van der Waals surface area contributed by atoms with Gasteiger partial charge < -0.3 is 14.5 Å². The fraction of sp³-hybridized carbons (Fsp3) is 0.519. The average molecular weight is 542 g/mol. The van der Waals surface area contributed by atoms with Crippen LogP contribution in [0.3, 0.4) is 0 Å². The first-order chi connectivity index (χ1) is 18.2. The molecule has 0 spiro atoms. The Labute approximate surface area is 224 Å². The molecule has 10 nitrogen and oxygen atoms in total. The number of anilines is 3. The van der Waals surface area contributed by atoms with E-state index in [-0.39, 0.29) is 17.7 Å². The zero-order chi connectivity index (χ0) is 27.0. The Kier molecular flexibility index (Phi) is 7.21. The molecule has 1 atom stereocenters. The number of cyclic esters (lactones) is 1. The molecule has 0 N–H and O–H groups in total. The van der Waals surface area contributed by atoms with E-state index in [0.29, 0.717) is 62.7 Å². The topological polar surface area (TPSA) is 103 Å². The van der Waals surface area contributed by atoms with Crippen molar-refractivity contribution >= 4 is 39.2 Å². The van der Waals surface area contributed by atoms with E-state index < -0.39 is 16.1 Å². The molecule has 2 aromatic rings. The molecule has 38 heavy (non-hydrogen) atoms. The molecular formula is C27H35N5O5S. The second kappa shape index (κ2) is 10.4. The summed E-state index contributed by atoms with van der Waals surface area (Å²) >= 11 is 0. The van der Waals surface area contributed by atoms with Crippen molar-refractivity contribution in [1.29, 1.82) is 0 Å². The van der Waals surface area contributed by atoms with Gasteiger partial charge in [0.25, 0.3) is 5.91 Å². The van der Waals surface area contributed by atoms with Gasteiger partial charge in [-0.3, -0.25) is 14.0 Å². The zero-order valence-electron chi connectivity index (χ0n) is 22.2. The predicted molar refractivity (Wildman–Crippen MR) is 147 cm³/mol. The Morgan fingerprint density at radius 3 is 2.53 bits per heavy atom. The fourth-order valence-corrected chi connectivity index (χ4v) is 7.19. The van der Waals surface area contributed by atoms with Crippen LogP contribution in [0.25, 0.3) is 0 Å². The number of benzene rings is 1. The molecular weight excluding hydrogens is 506 g/mol. The highest BCUT2D eigenvalue weighted by Gasteiger charge is 2.37. The molecule has 11 heteroatoms. The summed E-state index contributed by atoms with van der Waals surface area (Å²) in [5.41, 5.74) is 3.42. The fourth-order valence-electron chi connectivity index (χ4n) is 5.62. The third-order valence-electron chi connectivity index (χ3n) is 7.49. The van der Waals surface area contributed by atoms with Gasteiger partial charge in [0.1, 0.15) is 12.4 Å². The first-order valence-electron chi connectivity index (χ1n) is 13.3. The number of sulfonamides is 1. The molecule has 2 amide bonds. The number of pyridine rings is 1. The van der Waals surface area contributed by atoms with Gasteiger partial charge in [0, 0.05) is 44.6 Å². The number of rotatable bonds is 6. The first kappa shape index (κ1) is 26.3. The van der Waals surface area contributed by atoms with Crippen LogP contribution in [-0.2, 0) is 14.8 Å². The number of nitrogens with zero attached hydrogens (tertiary/aromatic N) is 5. The molecule has 0 radical (unpaired) electrons. The maximum atomic E-state index is 13.8. The van der Waals surface area contributed by atoms with Crippen molar-refractivity contribution < 1.29 is 22.7 Å². The Balaban J connectivity index is 1.42. The minimum atomic E-state index is -3.55. The molecule has 204 valence electrons. The van der Waals surface area contributed by atoms with Gasteiger partial charge >= 0.3 is 6.09 Å².